The molecule has 2 aromatic rings. The minimum atomic E-state index is -4.36. The van der Waals surface area contributed by atoms with Gasteiger partial charge in [0.05, 0.1) is 11.8 Å². The molecule has 0 aromatic heterocycles. The molecule has 0 saturated heterocycles. The molecule has 0 spiro atoms. The van der Waals surface area contributed by atoms with E-state index >= 15 is 0 Å². The van der Waals surface area contributed by atoms with Crippen LogP contribution in [0.3, 0.4) is 0 Å². The summed E-state index contributed by atoms with van der Waals surface area (Å²) in [7, 11) is 0. The summed E-state index contributed by atoms with van der Waals surface area (Å²) in [4.78, 5) is 4.99. The van der Waals surface area contributed by atoms with E-state index in [-0.39, 0.29) is 6.61 Å². The number of benzene rings is 2. The first-order chi connectivity index (χ1) is 9.95. The molecule has 2 nitrogen and oxygen atoms in total. The molecule has 0 atom stereocenters. The van der Waals surface area contributed by atoms with Gasteiger partial charge in [0, 0.05) is 5.02 Å². The molecule has 0 fully saturated rings. The van der Waals surface area contributed by atoms with Gasteiger partial charge in [-0.1, -0.05) is 41.0 Å². The van der Waals surface area contributed by atoms with Crippen LogP contribution in [0.25, 0.3) is 0 Å². The van der Waals surface area contributed by atoms with Gasteiger partial charge in [0.1, 0.15) is 6.61 Å². The first kappa shape index (κ1) is 15.4. The number of hydrogen-bond acceptors (Lipinski definition) is 2. The third-order valence-electron chi connectivity index (χ3n) is 2.63. The third-order valence-corrected chi connectivity index (χ3v) is 2.88. The number of rotatable bonds is 4. The van der Waals surface area contributed by atoms with Gasteiger partial charge in [-0.2, -0.15) is 13.2 Å². The van der Waals surface area contributed by atoms with Crippen molar-refractivity contribution in [2.24, 2.45) is 5.16 Å². The molecule has 0 bridgehead atoms. The second kappa shape index (κ2) is 6.63. The second-order valence-electron chi connectivity index (χ2n) is 4.26. The molecule has 6 heteroatoms. The summed E-state index contributed by atoms with van der Waals surface area (Å²) in [6.07, 6.45) is -2.90. The lowest BCUT2D eigenvalue weighted by Gasteiger charge is -2.07. The predicted octanol–water partition coefficient (Wildman–Crippen LogP) is 4.91. The molecule has 0 aliphatic rings. The van der Waals surface area contributed by atoms with Crippen molar-refractivity contribution in [3.8, 4) is 0 Å². The van der Waals surface area contributed by atoms with Crippen molar-refractivity contribution in [1.82, 2.24) is 0 Å². The van der Waals surface area contributed by atoms with Crippen molar-refractivity contribution in [3.05, 3.63) is 70.2 Å². The molecule has 0 N–H and O–H groups in total. The summed E-state index contributed by atoms with van der Waals surface area (Å²) < 4.78 is 37.6. The zero-order valence-corrected chi connectivity index (χ0v) is 11.5. The van der Waals surface area contributed by atoms with Crippen LogP contribution in [0.5, 0.6) is 0 Å². The van der Waals surface area contributed by atoms with Gasteiger partial charge in [-0.05, 0) is 35.4 Å². The first-order valence-corrected chi connectivity index (χ1v) is 6.40. The van der Waals surface area contributed by atoms with Crippen LogP contribution in [0.4, 0.5) is 13.2 Å². The lowest BCUT2D eigenvalue weighted by atomic mass is 10.1. The van der Waals surface area contributed by atoms with E-state index in [2.05, 4.69) is 5.16 Å². The smallest absolute Gasteiger partial charge is 0.391 e. The monoisotopic (exact) mass is 313 g/mol. The van der Waals surface area contributed by atoms with Crippen molar-refractivity contribution >= 4 is 17.8 Å². The van der Waals surface area contributed by atoms with Crippen LogP contribution in [0.15, 0.2) is 53.7 Å². The van der Waals surface area contributed by atoms with Gasteiger partial charge in [0.15, 0.2) is 0 Å². The highest BCUT2D eigenvalue weighted by Crippen LogP contribution is 2.29. The van der Waals surface area contributed by atoms with Crippen LogP contribution in [0.2, 0.25) is 5.02 Å². The number of halogens is 4. The fourth-order valence-electron chi connectivity index (χ4n) is 1.60. The largest absolute Gasteiger partial charge is 0.416 e. The van der Waals surface area contributed by atoms with Gasteiger partial charge in [-0.15, -0.1) is 0 Å². The molecule has 110 valence electrons. The van der Waals surface area contributed by atoms with Crippen molar-refractivity contribution in [1.29, 1.82) is 0 Å². The Hall–Kier alpha value is -2.01. The summed E-state index contributed by atoms with van der Waals surface area (Å²) in [5, 5.41) is 4.32. The highest BCUT2D eigenvalue weighted by Gasteiger charge is 2.30. The average Bonchev–Trinajstić information content (AvgIpc) is 2.45. The molecular weight excluding hydrogens is 303 g/mol. The normalized spacial score (nSPS) is 11.8. The van der Waals surface area contributed by atoms with Gasteiger partial charge < -0.3 is 4.84 Å². The van der Waals surface area contributed by atoms with Gasteiger partial charge in [0.25, 0.3) is 0 Å². The van der Waals surface area contributed by atoms with E-state index in [1.807, 2.05) is 0 Å². The van der Waals surface area contributed by atoms with Crippen molar-refractivity contribution in [2.75, 3.05) is 0 Å². The van der Waals surface area contributed by atoms with Gasteiger partial charge in [-0.3, -0.25) is 0 Å². The Balaban J connectivity index is 1.93. The Morgan fingerprint density at radius 2 is 1.81 bits per heavy atom. The number of hydrogen-bond donors (Lipinski definition) is 0. The third kappa shape index (κ3) is 4.79. The molecule has 2 aromatic carbocycles. The standard InChI is InChI=1S/C15H11ClF3NO/c16-14-6-4-11(5-7-14)9-20-21-10-12-2-1-3-13(8-12)15(17,18)19/h1-9H,10H2. The van der Waals surface area contributed by atoms with Crippen molar-refractivity contribution < 1.29 is 18.0 Å². The quantitative estimate of drug-likeness (QED) is 0.580. The molecule has 0 unspecified atom stereocenters. The summed E-state index contributed by atoms with van der Waals surface area (Å²) in [6, 6.07) is 11.8. The molecular formula is C15H11ClF3NO. The summed E-state index contributed by atoms with van der Waals surface area (Å²) in [5.41, 5.74) is 0.479. The Bertz CT molecular complexity index is 624. The van der Waals surface area contributed by atoms with Crippen LogP contribution < -0.4 is 0 Å². The first-order valence-electron chi connectivity index (χ1n) is 6.02. The van der Waals surface area contributed by atoms with Crippen LogP contribution in [-0.4, -0.2) is 6.21 Å². The molecule has 2 rings (SSSR count). The molecule has 0 aliphatic carbocycles. The Morgan fingerprint density at radius 3 is 2.48 bits per heavy atom. The molecule has 0 aliphatic heterocycles. The lowest BCUT2D eigenvalue weighted by Crippen LogP contribution is -2.05. The van der Waals surface area contributed by atoms with Crippen LogP contribution in [0, 0.1) is 0 Å². The molecule has 0 saturated carbocycles. The highest BCUT2D eigenvalue weighted by atomic mass is 35.5. The predicted molar refractivity (Wildman–Crippen MR) is 75.3 cm³/mol. The second-order valence-corrected chi connectivity index (χ2v) is 4.69. The molecule has 21 heavy (non-hydrogen) atoms. The van der Waals surface area contributed by atoms with Gasteiger partial charge in [-0.25, -0.2) is 0 Å². The summed E-state index contributed by atoms with van der Waals surface area (Å²) in [6.45, 7) is -0.0337. The number of alkyl halides is 3. The zero-order chi connectivity index (χ0) is 15.3. The zero-order valence-electron chi connectivity index (χ0n) is 10.8. The van der Waals surface area contributed by atoms with E-state index in [1.54, 1.807) is 30.3 Å². The number of oxime groups is 1. The summed E-state index contributed by atoms with van der Waals surface area (Å²) in [5.74, 6) is 0. The van der Waals surface area contributed by atoms with Crippen LogP contribution >= 0.6 is 11.6 Å². The summed E-state index contributed by atoms with van der Waals surface area (Å²) >= 11 is 5.74. The fraction of sp³-hybridized carbons (Fsp3) is 0.133. The Kier molecular flexibility index (Phi) is 4.85. The van der Waals surface area contributed by atoms with E-state index in [0.717, 1.165) is 17.7 Å². The average molecular weight is 314 g/mol. The van der Waals surface area contributed by atoms with E-state index in [0.29, 0.717) is 10.6 Å². The van der Waals surface area contributed by atoms with E-state index in [9.17, 15) is 13.2 Å². The topological polar surface area (TPSA) is 21.6 Å². The van der Waals surface area contributed by atoms with Crippen LogP contribution in [0.1, 0.15) is 16.7 Å². The SMILES string of the molecule is FC(F)(F)c1cccc(CON=Cc2ccc(Cl)cc2)c1. The molecule has 0 radical (unpaired) electrons. The van der Waals surface area contributed by atoms with E-state index in [4.69, 9.17) is 16.4 Å². The molecule has 0 amide bonds. The minimum absolute atomic E-state index is 0.0337. The maximum absolute atomic E-state index is 12.5. The van der Waals surface area contributed by atoms with Gasteiger partial charge in [0.2, 0.25) is 0 Å². The lowest BCUT2D eigenvalue weighted by molar-refractivity contribution is -0.137. The van der Waals surface area contributed by atoms with Crippen molar-refractivity contribution in [3.63, 3.8) is 0 Å². The maximum Gasteiger partial charge on any atom is 0.416 e. The Morgan fingerprint density at radius 1 is 1.10 bits per heavy atom. The maximum atomic E-state index is 12.5. The highest BCUT2D eigenvalue weighted by molar-refractivity contribution is 6.30. The Labute approximate surface area is 124 Å². The van der Waals surface area contributed by atoms with Gasteiger partial charge >= 0.3 is 6.18 Å². The van der Waals surface area contributed by atoms with Crippen molar-refractivity contribution in [2.45, 2.75) is 12.8 Å². The number of nitrogens with zero attached hydrogens (tertiary/aromatic N) is 1. The van der Waals surface area contributed by atoms with Crippen LogP contribution in [-0.2, 0) is 17.6 Å². The van der Waals surface area contributed by atoms with E-state index < -0.39 is 11.7 Å². The van der Waals surface area contributed by atoms with E-state index in [1.165, 1.54) is 12.3 Å². The fourth-order valence-corrected chi connectivity index (χ4v) is 1.72. The molecule has 0 heterocycles. The minimum Gasteiger partial charge on any atom is -0.391 e.